The summed E-state index contributed by atoms with van der Waals surface area (Å²) in [5.41, 5.74) is 0.466. The molecule has 138 valence electrons. The first-order valence-corrected chi connectivity index (χ1v) is 9.70. The Morgan fingerprint density at radius 1 is 1.36 bits per heavy atom. The summed E-state index contributed by atoms with van der Waals surface area (Å²) in [6, 6.07) is 6.36. The molecule has 1 atom stereocenters. The van der Waals surface area contributed by atoms with E-state index in [0.29, 0.717) is 6.61 Å². The number of amides is 1. The number of nitrogens with one attached hydrogen (secondary N) is 1. The SMILES string of the molecule is COC(=O)c1ccccc1NC(=O)CN(CC1CCCO1)S(C)(=O)=O. The highest BCUT2D eigenvalue weighted by molar-refractivity contribution is 7.88. The average Bonchev–Trinajstić information content (AvgIpc) is 3.06. The molecule has 0 aromatic heterocycles. The van der Waals surface area contributed by atoms with Crippen LogP contribution in [0, 0.1) is 0 Å². The number of nitrogens with zero attached hydrogens (tertiary/aromatic N) is 1. The summed E-state index contributed by atoms with van der Waals surface area (Å²) in [6.07, 6.45) is 2.49. The molecule has 1 heterocycles. The molecule has 1 amide bonds. The van der Waals surface area contributed by atoms with Crippen molar-refractivity contribution in [1.29, 1.82) is 0 Å². The van der Waals surface area contributed by atoms with E-state index >= 15 is 0 Å². The number of para-hydroxylation sites is 1. The van der Waals surface area contributed by atoms with Gasteiger partial charge in [-0.2, -0.15) is 4.31 Å². The highest BCUT2D eigenvalue weighted by Gasteiger charge is 2.27. The molecule has 1 aliphatic rings. The monoisotopic (exact) mass is 370 g/mol. The summed E-state index contributed by atoms with van der Waals surface area (Å²) in [4.78, 5) is 24.0. The highest BCUT2D eigenvalue weighted by atomic mass is 32.2. The lowest BCUT2D eigenvalue weighted by atomic mass is 10.2. The van der Waals surface area contributed by atoms with Crippen molar-refractivity contribution in [3.8, 4) is 0 Å². The Kier molecular flexibility index (Phi) is 6.51. The Labute approximate surface area is 147 Å². The van der Waals surface area contributed by atoms with Crippen molar-refractivity contribution >= 4 is 27.6 Å². The first-order chi connectivity index (χ1) is 11.8. The minimum absolute atomic E-state index is 0.130. The van der Waals surface area contributed by atoms with E-state index in [1.807, 2.05) is 0 Å². The summed E-state index contributed by atoms with van der Waals surface area (Å²) in [5, 5.41) is 2.57. The Balaban J connectivity index is 2.07. The van der Waals surface area contributed by atoms with Crippen molar-refractivity contribution in [2.45, 2.75) is 18.9 Å². The third-order valence-electron chi connectivity index (χ3n) is 3.83. The smallest absolute Gasteiger partial charge is 0.339 e. The van der Waals surface area contributed by atoms with Gasteiger partial charge >= 0.3 is 5.97 Å². The van der Waals surface area contributed by atoms with Gasteiger partial charge < -0.3 is 14.8 Å². The van der Waals surface area contributed by atoms with Crippen LogP contribution in [-0.4, -0.2) is 63.8 Å². The molecule has 0 aliphatic carbocycles. The zero-order valence-corrected chi connectivity index (χ0v) is 15.0. The van der Waals surface area contributed by atoms with Crippen molar-refractivity contribution in [2.24, 2.45) is 0 Å². The van der Waals surface area contributed by atoms with Crippen molar-refractivity contribution in [3.05, 3.63) is 29.8 Å². The molecule has 8 nitrogen and oxygen atoms in total. The van der Waals surface area contributed by atoms with E-state index in [2.05, 4.69) is 10.1 Å². The van der Waals surface area contributed by atoms with Crippen molar-refractivity contribution in [2.75, 3.05) is 38.4 Å². The normalized spacial score (nSPS) is 17.5. The molecule has 0 radical (unpaired) electrons. The maximum atomic E-state index is 12.3. The summed E-state index contributed by atoms with van der Waals surface area (Å²) in [5.74, 6) is -1.13. The molecule has 0 spiro atoms. The summed E-state index contributed by atoms with van der Waals surface area (Å²) in [7, 11) is -2.33. The number of carbonyl (C=O) groups is 2. The van der Waals surface area contributed by atoms with Crippen molar-refractivity contribution in [1.82, 2.24) is 4.31 Å². The molecular formula is C16H22N2O6S. The molecule has 2 rings (SSSR count). The molecule has 1 unspecified atom stereocenters. The van der Waals surface area contributed by atoms with E-state index in [9.17, 15) is 18.0 Å². The fraction of sp³-hybridized carbons (Fsp3) is 0.500. The van der Waals surface area contributed by atoms with Gasteiger partial charge in [0.25, 0.3) is 0 Å². The third kappa shape index (κ3) is 5.52. The first-order valence-electron chi connectivity index (χ1n) is 7.85. The van der Waals surface area contributed by atoms with Gasteiger partial charge in [0, 0.05) is 13.2 Å². The van der Waals surface area contributed by atoms with Gasteiger partial charge in [0.15, 0.2) is 0 Å². The lowest BCUT2D eigenvalue weighted by molar-refractivity contribution is -0.116. The number of carbonyl (C=O) groups excluding carboxylic acids is 2. The van der Waals surface area contributed by atoms with Gasteiger partial charge in [-0.15, -0.1) is 0 Å². The van der Waals surface area contributed by atoms with Crippen LogP contribution in [0.25, 0.3) is 0 Å². The summed E-state index contributed by atoms with van der Waals surface area (Å²) >= 11 is 0. The van der Waals surface area contributed by atoms with Crippen LogP contribution in [0.4, 0.5) is 5.69 Å². The second kappa shape index (κ2) is 8.41. The number of sulfonamides is 1. The average molecular weight is 370 g/mol. The number of esters is 1. The third-order valence-corrected chi connectivity index (χ3v) is 5.04. The molecule has 1 aromatic rings. The number of anilines is 1. The van der Waals surface area contributed by atoms with Crippen LogP contribution in [0.3, 0.4) is 0 Å². The van der Waals surface area contributed by atoms with Crippen LogP contribution in [0.5, 0.6) is 0 Å². The van der Waals surface area contributed by atoms with Gasteiger partial charge in [-0.1, -0.05) is 12.1 Å². The number of rotatable bonds is 7. The standard InChI is InChI=1S/C16H22N2O6S/c1-23-16(20)13-7-3-4-8-14(13)17-15(19)11-18(25(2,21)22)10-12-6-5-9-24-12/h3-4,7-8,12H,5-6,9-11H2,1-2H3,(H,17,19). The molecule has 0 saturated carbocycles. The molecule has 1 N–H and O–H groups in total. The van der Waals surface area contributed by atoms with Crippen LogP contribution < -0.4 is 5.32 Å². The maximum Gasteiger partial charge on any atom is 0.339 e. The van der Waals surface area contributed by atoms with Crippen LogP contribution in [0.1, 0.15) is 23.2 Å². The Morgan fingerprint density at radius 2 is 2.08 bits per heavy atom. The minimum Gasteiger partial charge on any atom is -0.465 e. The minimum atomic E-state index is -3.57. The van der Waals surface area contributed by atoms with E-state index in [4.69, 9.17) is 4.74 Å². The molecule has 0 bridgehead atoms. The van der Waals surface area contributed by atoms with Gasteiger partial charge in [-0.25, -0.2) is 13.2 Å². The van der Waals surface area contributed by atoms with E-state index < -0.39 is 21.9 Å². The quantitative estimate of drug-likeness (QED) is 0.714. The first kappa shape index (κ1) is 19.4. The van der Waals surface area contributed by atoms with Crippen LogP contribution >= 0.6 is 0 Å². The Morgan fingerprint density at radius 3 is 2.68 bits per heavy atom. The fourth-order valence-electron chi connectivity index (χ4n) is 2.56. The highest BCUT2D eigenvalue weighted by Crippen LogP contribution is 2.17. The Bertz CT molecular complexity index is 728. The lowest BCUT2D eigenvalue weighted by Gasteiger charge is -2.22. The molecule has 1 saturated heterocycles. The predicted octanol–water partition coefficient (Wildman–Crippen LogP) is 0.852. The second-order valence-electron chi connectivity index (χ2n) is 5.78. The fourth-order valence-corrected chi connectivity index (χ4v) is 3.35. The second-order valence-corrected chi connectivity index (χ2v) is 7.76. The van der Waals surface area contributed by atoms with E-state index in [0.717, 1.165) is 23.4 Å². The Hall–Kier alpha value is -1.97. The van der Waals surface area contributed by atoms with Gasteiger partial charge in [0.1, 0.15) is 0 Å². The number of benzene rings is 1. The van der Waals surface area contributed by atoms with Crippen LogP contribution in [0.15, 0.2) is 24.3 Å². The number of hydrogen-bond acceptors (Lipinski definition) is 6. The van der Waals surface area contributed by atoms with Crippen molar-refractivity contribution in [3.63, 3.8) is 0 Å². The van der Waals surface area contributed by atoms with Crippen LogP contribution in [-0.2, 0) is 24.3 Å². The predicted molar refractivity (Wildman–Crippen MR) is 91.8 cm³/mol. The molecule has 1 aromatic carbocycles. The molecule has 1 fully saturated rings. The number of methoxy groups -OCH3 is 1. The van der Waals surface area contributed by atoms with Crippen LogP contribution in [0.2, 0.25) is 0 Å². The van der Waals surface area contributed by atoms with E-state index in [1.165, 1.54) is 13.2 Å². The molecule has 9 heteroatoms. The summed E-state index contributed by atoms with van der Waals surface area (Å²) in [6.45, 7) is 0.375. The van der Waals surface area contributed by atoms with Crippen molar-refractivity contribution < 1.29 is 27.5 Å². The molecular weight excluding hydrogens is 348 g/mol. The topological polar surface area (TPSA) is 102 Å². The molecule has 25 heavy (non-hydrogen) atoms. The van der Waals surface area contributed by atoms with E-state index in [1.54, 1.807) is 18.2 Å². The largest absolute Gasteiger partial charge is 0.465 e. The summed E-state index contributed by atoms with van der Waals surface area (Å²) < 4.78 is 35.1. The lowest BCUT2D eigenvalue weighted by Crippen LogP contribution is -2.41. The molecule has 1 aliphatic heterocycles. The zero-order chi connectivity index (χ0) is 18.4. The van der Waals surface area contributed by atoms with Gasteiger partial charge in [-0.05, 0) is 25.0 Å². The van der Waals surface area contributed by atoms with E-state index in [-0.39, 0.29) is 30.4 Å². The number of hydrogen-bond donors (Lipinski definition) is 1. The number of ether oxygens (including phenoxy) is 2. The zero-order valence-electron chi connectivity index (χ0n) is 14.2. The maximum absolute atomic E-state index is 12.3. The van der Waals surface area contributed by atoms with Gasteiger partial charge in [0.05, 0.1) is 37.3 Å². The van der Waals surface area contributed by atoms with Gasteiger partial charge in [0.2, 0.25) is 15.9 Å². The van der Waals surface area contributed by atoms with Gasteiger partial charge in [-0.3, -0.25) is 4.79 Å².